The highest BCUT2D eigenvalue weighted by Crippen LogP contribution is 2.24. The van der Waals surface area contributed by atoms with Crippen LogP contribution in [0.15, 0.2) is 0 Å². The van der Waals surface area contributed by atoms with Crippen LogP contribution >= 0.6 is 0 Å². The lowest BCUT2D eigenvalue weighted by Gasteiger charge is -2.29. The van der Waals surface area contributed by atoms with Crippen LogP contribution in [-0.4, -0.2) is 32.7 Å². The minimum Gasteiger partial charge on any atom is -0.396 e. The van der Waals surface area contributed by atoms with Gasteiger partial charge in [-0.3, -0.25) is 0 Å². The van der Waals surface area contributed by atoms with Gasteiger partial charge in [0.1, 0.15) is 0 Å². The molecule has 0 atom stereocenters. The molecule has 16 heavy (non-hydrogen) atoms. The minimum atomic E-state index is -3.46. The van der Waals surface area contributed by atoms with Gasteiger partial charge in [0.15, 0.2) is 0 Å². The van der Waals surface area contributed by atoms with Crippen molar-refractivity contribution in [3.8, 4) is 0 Å². The molecule has 0 radical (unpaired) electrons. The van der Waals surface area contributed by atoms with Gasteiger partial charge >= 0.3 is 0 Å². The molecule has 98 valence electrons. The zero-order valence-electron chi connectivity index (χ0n) is 10.6. The summed E-state index contributed by atoms with van der Waals surface area (Å²) in [6.45, 7) is 7.67. The van der Waals surface area contributed by atoms with E-state index in [-0.39, 0.29) is 24.6 Å². The van der Waals surface area contributed by atoms with Crippen molar-refractivity contribution in [2.45, 2.75) is 46.6 Å². The van der Waals surface area contributed by atoms with E-state index in [1.165, 1.54) is 0 Å². The summed E-state index contributed by atoms with van der Waals surface area (Å²) in [5.74, 6) is 0. The average Bonchev–Trinajstić information content (AvgIpc) is 2.19. The molecule has 0 rings (SSSR count). The second-order valence-electron chi connectivity index (χ2n) is 4.46. The van der Waals surface area contributed by atoms with Gasteiger partial charge in [0, 0.05) is 24.6 Å². The molecule has 6 heteroatoms. The first-order valence-electron chi connectivity index (χ1n) is 5.68. The zero-order chi connectivity index (χ0) is 12.8. The number of hydrogen-bond donors (Lipinski definition) is 3. The van der Waals surface area contributed by atoms with E-state index in [9.17, 15) is 13.5 Å². The third kappa shape index (κ3) is 5.25. The highest BCUT2D eigenvalue weighted by molar-refractivity contribution is 7.87. The summed E-state index contributed by atoms with van der Waals surface area (Å²) in [5.41, 5.74) is -0.355. The highest BCUT2D eigenvalue weighted by Gasteiger charge is 2.27. The minimum absolute atomic E-state index is 0.00972. The second kappa shape index (κ2) is 6.54. The Morgan fingerprint density at radius 1 is 1.25 bits per heavy atom. The van der Waals surface area contributed by atoms with Crippen LogP contribution in [0.4, 0.5) is 0 Å². The van der Waals surface area contributed by atoms with Gasteiger partial charge in [-0.25, -0.2) is 4.72 Å². The Morgan fingerprint density at radius 2 is 1.75 bits per heavy atom. The number of hydrogen-bond acceptors (Lipinski definition) is 3. The van der Waals surface area contributed by atoms with Gasteiger partial charge in [-0.2, -0.15) is 13.1 Å². The van der Waals surface area contributed by atoms with Crippen LogP contribution < -0.4 is 9.44 Å². The summed E-state index contributed by atoms with van der Waals surface area (Å²) in [6.07, 6.45) is 1.48. The first-order chi connectivity index (χ1) is 7.31. The fourth-order valence-corrected chi connectivity index (χ4v) is 2.58. The van der Waals surface area contributed by atoms with Crippen molar-refractivity contribution in [3.05, 3.63) is 0 Å². The van der Waals surface area contributed by atoms with Crippen LogP contribution in [0, 0.1) is 5.41 Å². The molecule has 3 N–H and O–H groups in total. The fraction of sp³-hybridized carbons (Fsp3) is 1.00. The molecule has 0 heterocycles. The molecule has 0 aliphatic heterocycles. The van der Waals surface area contributed by atoms with Crippen molar-refractivity contribution in [1.29, 1.82) is 0 Å². The molecule has 0 aromatic rings. The van der Waals surface area contributed by atoms with Gasteiger partial charge in [-0.05, 0) is 26.7 Å². The maximum Gasteiger partial charge on any atom is 0.277 e. The first kappa shape index (κ1) is 15.8. The van der Waals surface area contributed by atoms with Crippen molar-refractivity contribution in [3.63, 3.8) is 0 Å². The maximum atomic E-state index is 11.5. The van der Waals surface area contributed by atoms with E-state index >= 15 is 0 Å². The predicted molar refractivity (Wildman–Crippen MR) is 65.3 cm³/mol. The topological polar surface area (TPSA) is 78.4 Å². The Morgan fingerprint density at radius 3 is 2.06 bits per heavy atom. The molecule has 0 aromatic carbocycles. The Labute approximate surface area is 98.8 Å². The number of nitrogens with one attached hydrogen (secondary N) is 2. The molecule has 5 nitrogen and oxygen atoms in total. The van der Waals surface area contributed by atoms with Crippen molar-refractivity contribution < 1.29 is 13.5 Å². The quantitative estimate of drug-likeness (QED) is 0.592. The summed E-state index contributed by atoms with van der Waals surface area (Å²) >= 11 is 0. The molecular weight excluding hydrogens is 228 g/mol. The van der Waals surface area contributed by atoms with Gasteiger partial charge in [0.05, 0.1) is 0 Å². The van der Waals surface area contributed by atoms with Crippen LogP contribution in [0.5, 0.6) is 0 Å². The number of aliphatic hydroxyl groups excluding tert-OH is 1. The molecule has 0 fully saturated rings. The summed E-state index contributed by atoms with van der Waals surface area (Å²) in [6, 6.07) is -0.135. The van der Waals surface area contributed by atoms with Gasteiger partial charge in [-0.15, -0.1) is 0 Å². The van der Waals surface area contributed by atoms with Gasteiger partial charge in [0.2, 0.25) is 0 Å². The maximum absolute atomic E-state index is 11.5. The van der Waals surface area contributed by atoms with Crippen LogP contribution in [0.3, 0.4) is 0 Å². The molecular formula is C10H24N2O3S. The standard InChI is InChI=1S/C10H24N2O3S/c1-5-10(6-2,8-13)7-11-16(14,15)12-9(3)4/h9,11-13H,5-8H2,1-4H3. The van der Waals surface area contributed by atoms with Crippen molar-refractivity contribution in [2.24, 2.45) is 5.41 Å². The predicted octanol–water partition coefficient (Wildman–Crippen LogP) is 0.618. The average molecular weight is 252 g/mol. The first-order valence-corrected chi connectivity index (χ1v) is 7.17. The third-order valence-electron chi connectivity index (χ3n) is 2.86. The van der Waals surface area contributed by atoms with E-state index in [4.69, 9.17) is 0 Å². The lowest BCUT2D eigenvalue weighted by molar-refractivity contribution is 0.119. The van der Waals surface area contributed by atoms with E-state index in [1.54, 1.807) is 13.8 Å². The van der Waals surface area contributed by atoms with E-state index in [1.807, 2.05) is 13.8 Å². The molecule has 0 saturated heterocycles. The SMILES string of the molecule is CCC(CC)(CO)CNS(=O)(=O)NC(C)C. The summed E-state index contributed by atoms with van der Waals surface area (Å²) in [5, 5.41) is 9.30. The van der Waals surface area contributed by atoms with Crippen molar-refractivity contribution in [2.75, 3.05) is 13.2 Å². The summed E-state index contributed by atoms with van der Waals surface area (Å²) < 4.78 is 28.0. The molecule has 0 aliphatic rings. The molecule has 0 amide bonds. The molecule has 0 aromatic heterocycles. The number of aliphatic hydroxyl groups is 1. The van der Waals surface area contributed by atoms with Crippen LogP contribution in [-0.2, 0) is 10.2 Å². The molecule has 0 unspecified atom stereocenters. The fourth-order valence-electron chi connectivity index (χ4n) is 1.38. The molecule has 0 bridgehead atoms. The van der Waals surface area contributed by atoms with Crippen molar-refractivity contribution in [1.82, 2.24) is 9.44 Å². The number of rotatable bonds is 8. The lowest BCUT2D eigenvalue weighted by atomic mass is 9.84. The Bertz CT molecular complexity index is 276. The van der Waals surface area contributed by atoms with Gasteiger partial charge in [-0.1, -0.05) is 13.8 Å². The smallest absolute Gasteiger partial charge is 0.277 e. The van der Waals surface area contributed by atoms with E-state index < -0.39 is 10.2 Å². The van der Waals surface area contributed by atoms with Crippen LogP contribution in [0.1, 0.15) is 40.5 Å². The monoisotopic (exact) mass is 252 g/mol. The van der Waals surface area contributed by atoms with Crippen molar-refractivity contribution >= 4 is 10.2 Å². The lowest BCUT2D eigenvalue weighted by Crippen LogP contribution is -2.46. The molecule has 0 spiro atoms. The highest BCUT2D eigenvalue weighted by atomic mass is 32.2. The zero-order valence-corrected chi connectivity index (χ0v) is 11.4. The summed E-state index contributed by atoms with van der Waals surface area (Å²) in [4.78, 5) is 0. The van der Waals surface area contributed by atoms with E-state index in [0.29, 0.717) is 0 Å². The second-order valence-corrected chi connectivity index (χ2v) is 5.99. The largest absolute Gasteiger partial charge is 0.396 e. The normalized spacial score (nSPS) is 13.4. The molecule has 0 saturated carbocycles. The van der Waals surface area contributed by atoms with Crippen LogP contribution in [0.2, 0.25) is 0 Å². The van der Waals surface area contributed by atoms with Crippen LogP contribution in [0.25, 0.3) is 0 Å². The van der Waals surface area contributed by atoms with E-state index in [2.05, 4.69) is 9.44 Å². The van der Waals surface area contributed by atoms with Gasteiger partial charge < -0.3 is 5.11 Å². The Hall–Kier alpha value is -0.170. The third-order valence-corrected chi connectivity index (χ3v) is 4.17. The Balaban J connectivity index is 4.42. The van der Waals surface area contributed by atoms with Gasteiger partial charge in [0.25, 0.3) is 10.2 Å². The summed E-state index contributed by atoms with van der Waals surface area (Å²) in [7, 11) is -3.46. The van der Waals surface area contributed by atoms with E-state index in [0.717, 1.165) is 12.8 Å². The Kier molecular flexibility index (Phi) is 6.47. The molecule has 0 aliphatic carbocycles.